The Labute approximate surface area is 184 Å². The van der Waals surface area contributed by atoms with Gasteiger partial charge in [-0.1, -0.05) is 41.6 Å². The van der Waals surface area contributed by atoms with E-state index in [1.165, 1.54) is 0 Å². The first-order valence-corrected chi connectivity index (χ1v) is 10.7. The molecule has 7 nitrogen and oxygen atoms in total. The topological polar surface area (TPSA) is 86.1 Å². The first kappa shape index (κ1) is 19.0. The summed E-state index contributed by atoms with van der Waals surface area (Å²) in [5.41, 5.74) is 4.55. The molecule has 0 atom stereocenters. The van der Waals surface area contributed by atoms with Gasteiger partial charge in [-0.15, -0.1) is 0 Å². The molecule has 0 saturated heterocycles. The van der Waals surface area contributed by atoms with Crippen LogP contribution in [-0.4, -0.2) is 27.2 Å². The minimum absolute atomic E-state index is 0.362. The lowest BCUT2D eigenvalue weighted by atomic mass is 10.0. The van der Waals surface area contributed by atoms with Crippen molar-refractivity contribution < 1.29 is 14.0 Å². The highest BCUT2D eigenvalue weighted by molar-refractivity contribution is 6.12. The van der Waals surface area contributed by atoms with Gasteiger partial charge < -0.3 is 19.0 Å². The molecule has 7 heteroatoms. The van der Waals surface area contributed by atoms with Gasteiger partial charge in [-0.3, -0.25) is 0 Å². The van der Waals surface area contributed by atoms with Crippen molar-refractivity contribution in [3.63, 3.8) is 0 Å². The minimum atomic E-state index is 0.362. The van der Waals surface area contributed by atoms with Crippen LogP contribution in [0.5, 0.6) is 5.75 Å². The number of hydrogen-bond donors (Lipinski definition) is 1. The Bertz CT molecular complexity index is 1400. The summed E-state index contributed by atoms with van der Waals surface area (Å²) in [6.07, 6.45) is 4.04. The number of ether oxygens (including phenoxy) is 2. The second-order valence-corrected chi connectivity index (χ2v) is 8.12. The maximum atomic E-state index is 6.26. The molecule has 1 N–H and O–H groups in total. The average Bonchev–Trinajstić information content (AvgIpc) is 3.43. The SMILES string of the molecule is COCc1c(-c2nc(C3CC3)no2)ncc2[nH]c3cccc(OCc4ccccc4)c3c12. The highest BCUT2D eigenvalue weighted by Gasteiger charge is 2.30. The van der Waals surface area contributed by atoms with E-state index < -0.39 is 0 Å². The highest BCUT2D eigenvalue weighted by Crippen LogP contribution is 2.41. The normalized spacial score (nSPS) is 13.8. The number of nitrogens with zero attached hydrogens (tertiary/aromatic N) is 3. The van der Waals surface area contributed by atoms with Gasteiger partial charge >= 0.3 is 0 Å². The Morgan fingerprint density at radius 1 is 1.00 bits per heavy atom. The number of fused-ring (bicyclic) bond motifs is 3. The molecule has 0 unspecified atom stereocenters. The van der Waals surface area contributed by atoms with Crippen LogP contribution >= 0.6 is 0 Å². The zero-order chi connectivity index (χ0) is 21.5. The lowest BCUT2D eigenvalue weighted by Gasteiger charge is -2.10. The van der Waals surface area contributed by atoms with Gasteiger partial charge in [0, 0.05) is 29.4 Å². The molecule has 0 amide bonds. The second kappa shape index (κ2) is 7.76. The van der Waals surface area contributed by atoms with Crippen molar-refractivity contribution in [1.82, 2.24) is 20.1 Å². The Morgan fingerprint density at radius 2 is 1.88 bits per heavy atom. The zero-order valence-electron chi connectivity index (χ0n) is 17.7. The highest BCUT2D eigenvalue weighted by atomic mass is 16.5. The molecule has 2 aromatic carbocycles. The van der Waals surface area contributed by atoms with E-state index in [1.54, 1.807) is 7.11 Å². The van der Waals surface area contributed by atoms with Gasteiger partial charge in [0.2, 0.25) is 0 Å². The van der Waals surface area contributed by atoms with Crippen LogP contribution in [0, 0.1) is 0 Å². The fourth-order valence-corrected chi connectivity index (χ4v) is 4.13. The molecule has 5 aromatic rings. The summed E-state index contributed by atoms with van der Waals surface area (Å²) in [6.45, 7) is 0.847. The van der Waals surface area contributed by atoms with Crippen LogP contribution < -0.4 is 4.74 Å². The van der Waals surface area contributed by atoms with Crippen LogP contribution in [0.4, 0.5) is 0 Å². The number of pyridine rings is 1. The molecule has 1 aliphatic carbocycles. The maximum Gasteiger partial charge on any atom is 0.276 e. The summed E-state index contributed by atoms with van der Waals surface area (Å²) in [6, 6.07) is 16.2. The molecule has 3 heterocycles. The number of H-pyrrole nitrogens is 1. The fraction of sp³-hybridized carbons (Fsp3) is 0.240. The van der Waals surface area contributed by atoms with E-state index in [0.717, 1.165) is 57.3 Å². The van der Waals surface area contributed by atoms with Crippen LogP contribution in [0.3, 0.4) is 0 Å². The molecule has 1 aliphatic rings. The third-order valence-electron chi connectivity index (χ3n) is 5.84. The molecule has 0 spiro atoms. The Morgan fingerprint density at radius 3 is 2.69 bits per heavy atom. The summed E-state index contributed by atoms with van der Waals surface area (Å²) in [7, 11) is 1.67. The van der Waals surface area contributed by atoms with Crippen LogP contribution in [0.15, 0.2) is 59.3 Å². The summed E-state index contributed by atoms with van der Waals surface area (Å²) in [4.78, 5) is 12.7. The van der Waals surface area contributed by atoms with Gasteiger partial charge in [-0.05, 0) is 30.5 Å². The molecule has 3 aromatic heterocycles. The van der Waals surface area contributed by atoms with Crippen LogP contribution in [0.1, 0.15) is 35.7 Å². The van der Waals surface area contributed by atoms with E-state index in [9.17, 15) is 0 Å². The number of aromatic amines is 1. The van der Waals surface area contributed by atoms with E-state index >= 15 is 0 Å². The molecular weight excluding hydrogens is 404 g/mol. The number of rotatable bonds is 7. The van der Waals surface area contributed by atoms with Gasteiger partial charge in [-0.2, -0.15) is 4.98 Å². The number of methoxy groups -OCH3 is 1. The number of hydrogen-bond acceptors (Lipinski definition) is 6. The molecule has 32 heavy (non-hydrogen) atoms. The van der Waals surface area contributed by atoms with Crippen LogP contribution in [0.2, 0.25) is 0 Å². The van der Waals surface area contributed by atoms with Crippen LogP contribution in [0.25, 0.3) is 33.4 Å². The zero-order valence-corrected chi connectivity index (χ0v) is 17.7. The van der Waals surface area contributed by atoms with Crippen molar-refractivity contribution in [1.29, 1.82) is 0 Å². The molecule has 1 fully saturated rings. The van der Waals surface area contributed by atoms with Crippen molar-refractivity contribution in [3.05, 3.63) is 71.7 Å². The molecule has 0 bridgehead atoms. The fourth-order valence-electron chi connectivity index (χ4n) is 4.13. The maximum absolute atomic E-state index is 6.26. The molecule has 0 radical (unpaired) electrons. The van der Waals surface area contributed by atoms with Gasteiger partial charge in [0.15, 0.2) is 5.82 Å². The van der Waals surface area contributed by atoms with E-state index in [-0.39, 0.29) is 0 Å². The quantitative estimate of drug-likeness (QED) is 0.377. The predicted molar refractivity (Wildman–Crippen MR) is 120 cm³/mol. The summed E-state index contributed by atoms with van der Waals surface area (Å²) >= 11 is 0. The number of benzene rings is 2. The molecule has 1 saturated carbocycles. The first-order valence-electron chi connectivity index (χ1n) is 10.7. The van der Waals surface area contributed by atoms with E-state index in [4.69, 9.17) is 14.0 Å². The third-order valence-corrected chi connectivity index (χ3v) is 5.84. The predicted octanol–water partition coefficient (Wildman–Crippen LogP) is 5.37. The summed E-state index contributed by atoms with van der Waals surface area (Å²) in [5.74, 6) is 2.40. The Balaban J connectivity index is 1.50. The molecular formula is C25H22N4O3. The third kappa shape index (κ3) is 3.31. The van der Waals surface area contributed by atoms with E-state index in [0.29, 0.717) is 30.7 Å². The van der Waals surface area contributed by atoms with Gasteiger partial charge in [0.25, 0.3) is 5.89 Å². The largest absolute Gasteiger partial charge is 0.488 e. The lowest BCUT2D eigenvalue weighted by Crippen LogP contribution is -1.98. The standard InChI is InChI=1S/C25H22N4O3/c1-30-14-17-21-19(12-26-23(17)25-28-24(29-32-25)16-10-11-16)27-18-8-5-9-20(22(18)21)31-13-15-6-3-2-4-7-15/h2-9,12,16,27H,10-11,13-14H2,1H3. The van der Waals surface area contributed by atoms with Crippen molar-refractivity contribution in [2.24, 2.45) is 0 Å². The van der Waals surface area contributed by atoms with Crippen molar-refractivity contribution >= 4 is 21.8 Å². The van der Waals surface area contributed by atoms with Crippen molar-refractivity contribution in [3.8, 4) is 17.3 Å². The Hall–Kier alpha value is -3.71. The van der Waals surface area contributed by atoms with E-state index in [2.05, 4.69) is 32.2 Å². The van der Waals surface area contributed by atoms with Gasteiger partial charge in [-0.25, -0.2) is 4.98 Å². The second-order valence-electron chi connectivity index (χ2n) is 8.12. The molecule has 160 valence electrons. The summed E-state index contributed by atoms with van der Waals surface area (Å²) in [5, 5.41) is 6.16. The van der Waals surface area contributed by atoms with Gasteiger partial charge in [0.05, 0.1) is 23.8 Å². The van der Waals surface area contributed by atoms with Gasteiger partial charge in [0.1, 0.15) is 18.1 Å². The first-order chi connectivity index (χ1) is 15.8. The smallest absolute Gasteiger partial charge is 0.276 e. The van der Waals surface area contributed by atoms with E-state index in [1.807, 2.05) is 42.6 Å². The van der Waals surface area contributed by atoms with Crippen molar-refractivity contribution in [2.45, 2.75) is 32.0 Å². The Kier molecular flexibility index (Phi) is 4.61. The molecule has 6 rings (SSSR count). The van der Waals surface area contributed by atoms with Crippen molar-refractivity contribution in [2.75, 3.05) is 7.11 Å². The van der Waals surface area contributed by atoms with Crippen LogP contribution in [-0.2, 0) is 18.0 Å². The number of nitrogens with one attached hydrogen (secondary N) is 1. The summed E-state index contributed by atoms with van der Waals surface area (Å²) < 4.78 is 17.4. The lowest BCUT2D eigenvalue weighted by molar-refractivity contribution is 0.186. The minimum Gasteiger partial charge on any atom is -0.488 e. The number of aromatic nitrogens is 4. The molecule has 0 aliphatic heterocycles. The average molecular weight is 426 g/mol. The monoisotopic (exact) mass is 426 g/mol.